The van der Waals surface area contributed by atoms with Gasteiger partial charge < -0.3 is 15.3 Å². The van der Waals surface area contributed by atoms with Crippen LogP contribution in [-0.4, -0.2) is 46.7 Å². The number of para-hydroxylation sites is 1. The van der Waals surface area contributed by atoms with Crippen LogP contribution in [0.4, 0.5) is 10.5 Å². The minimum Gasteiger partial charge on any atom is -0.396 e. The minimum atomic E-state index is -0.0437. The van der Waals surface area contributed by atoms with Gasteiger partial charge in [0.05, 0.1) is 0 Å². The molecule has 1 aromatic rings. The molecule has 1 fully saturated rings. The summed E-state index contributed by atoms with van der Waals surface area (Å²) in [6.45, 7) is 4.98. The number of anilines is 1. The molecule has 4 nitrogen and oxygen atoms in total. The summed E-state index contributed by atoms with van der Waals surface area (Å²) in [5, 5.41) is 12.3. The van der Waals surface area contributed by atoms with Crippen molar-refractivity contribution in [1.29, 1.82) is 0 Å². The maximum atomic E-state index is 12.6. The Bertz CT molecular complexity index is 491. The molecule has 1 aromatic carbocycles. The van der Waals surface area contributed by atoms with E-state index in [1.807, 2.05) is 35.7 Å². The smallest absolute Gasteiger partial charge is 0.322 e. The molecule has 0 aromatic heterocycles. The third kappa shape index (κ3) is 3.92. The van der Waals surface area contributed by atoms with Crippen molar-refractivity contribution in [3.05, 3.63) is 29.3 Å². The first-order chi connectivity index (χ1) is 10.2. The van der Waals surface area contributed by atoms with Crippen LogP contribution in [0.1, 0.15) is 24.5 Å². The molecule has 5 heteroatoms. The van der Waals surface area contributed by atoms with Crippen LogP contribution in [0.15, 0.2) is 18.2 Å². The molecule has 116 valence electrons. The zero-order valence-corrected chi connectivity index (χ0v) is 13.6. The van der Waals surface area contributed by atoms with Gasteiger partial charge in [0.1, 0.15) is 0 Å². The van der Waals surface area contributed by atoms with E-state index in [-0.39, 0.29) is 18.7 Å². The average molecular weight is 308 g/mol. The summed E-state index contributed by atoms with van der Waals surface area (Å²) in [6, 6.07) is 6.18. The topological polar surface area (TPSA) is 52.6 Å². The molecular formula is C16H24N2O2S. The molecule has 0 saturated carbocycles. The van der Waals surface area contributed by atoms with Gasteiger partial charge in [0, 0.05) is 36.4 Å². The fourth-order valence-electron chi connectivity index (χ4n) is 2.69. The summed E-state index contributed by atoms with van der Waals surface area (Å²) in [7, 11) is 0. The monoisotopic (exact) mass is 308 g/mol. The maximum Gasteiger partial charge on any atom is 0.322 e. The van der Waals surface area contributed by atoms with Gasteiger partial charge in [-0.2, -0.15) is 11.8 Å². The van der Waals surface area contributed by atoms with Crippen LogP contribution < -0.4 is 5.32 Å². The molecule has 0 radical (unpaired) electrons. The van der Waals surface area contributed by atoms with E-state index in [9.17, 15) is 4.79 Å². The Morgan fingerprint density at radius 3 is 3.05 bits per heavy atom. The SMILES string of the molecule is CCc1cccc(C)c1NC(=O)N1CCSCC1CCO. The molecule has 21 heavy (non-hydrogen) atoms. The predicted molar refractivity (Wildman–Crippen MR) is 89.1 cm³/mol. The largest absolute Gasteiger partial charge is 0.396 e. The molecule has 0 spiro atoms. The van der Waals surface area contributed by atoms with Crippen LogP contribution in [0.25, 0.3) is 0 Å². The van der Waals surface area contributed by atoms with Crippen LogP contribution in [-0.2, 0) is 6.42 Å². The number of carbonyl (C=O) groups is 1. The number of aryl methyl sites for hydroxylation is 2. The van der Waals surface area contributed by atoms with Crippen LogP contribution in [0.2, 0.25) is 0 Å². The lowest BCUT2D eigenvalue weighted by molar-refractivity contribution is 0.177. The Morgan fingerprint density at radius 1 is 1.52 bits per heavy atom. The van der Waals surface area contributed by atoms with Gasteiger partial charge in [-0.3, -0.25) is 0 Å². The zero-order valence-electron chi connectivity index (χ0n) is 12.8. The molecule has 2 rings (SSSR count). The quantitative estimate of drug-likeness (QED) is 0.899. The molecule has 1 saturated heterocycles. The molecule has 2 amide bonds. The number of urea groups is 1. The normalized spacial score (nSPS) is 18.6. The van der Waals surface area contributed by atoms with Crippen LogP contribution in [0.3, 0.4) is 0 Å². The van der Waals surface area contributed by atoms with E-state index < -0.39 is 0 Å². The predicted octanol–water partition coefficient (Wildman–Crippen LogP) is 2.89. The molecule has 1 unspecified atom stereocenters. The van der Waals surface area contributed by atoms with Crippen molar-refractivity contribution >= 4 is 23.5 Å². The summed E-state index contributed by atoms with van der Waals surface area (Å²) in [5.74, 6) is 1.87. The second-order valence-electron chi connectivity index (χ2n) is 5.33. The van der Waals surface area contributed by atoms with Gasteiger partial charge in [0.25, 0.3) is 0 Å². The van der Waals surface area contributed by atoms with E-state index in [2.05, 4.69) is 18.3 Å². The van der Waals surface area contributed by atoms with Gasteiger partial charge in [-0.05, 0) is 30.9 Å². The number of amides is 2. The number of aliphatic hydroxyl groups excluding tert-OH is 1. The van der Waals surface area contributed by atoms with Crippen molar-refractivity contribution in [2.75, 3.05) is 30.0 Å². The Kier molecular flexibility index (Phi) is 5.94. The number of aliphatic hydroxyl groups is 1. The van der Waals surface area contributed by atoms with Crippen LogP contribution in [0, 0.1) is 6.92 Å². The number of hydrogen-bond acceptors (Lipinski definition) is 3. The second-order valence-corrected chi connectivity index (χ2v) is 6.48. The van der Waals surface area contributed by atoms with Crippen LogP contribution in [0.5, 0.6) is 0 Å². The Hall–Kier alpha value is -1.20. The number of nitrogens with one attached hydrogen (secondary N) is 1. The number of thioether (sulfide) groups is 1. The lowest BCUT2D eigenvalue weighted by Gasteiger charge is -2.35. The Balaban J connectivity index is 2.13. The summed E-state index contributed by atoms with van der Waals surface area (Å²) < 4.78 is 0. The lowest BCUT2D eigenvalue weighted by Crippen LogP contribution is -2.48. The van der Waals surface area contributed by atoms with Crippen molar-refractivity contribution in [3.63, 3.8) is 0 Å². The average Bonchev–Trinajstić information content (AvgIpc) is 2.50. The van der Waals surface area contributed by atoms with Gasteiger partial charge >= 0.3 is 6.03 Å². The molecule has 2 N–H and O–H groups in total. The first-order valence-corrected chi connectivity index (χ1v) is 8.67. The molecule has 0 aliphatic carbocycles. The second kappa shape index (κ2) is 7.71. The minimum absolute atomic E-state index is 0.0437. The highest BCUT2D eigenvalue weighted by Gasteiger charge is 2.27. The van der Waals surface area contributed by atoms with E-state index in [0.717, 1.165) is 41.3 Å². The zero-order chi connectivity index (χ0) is 15.2. The van der Waals surface area contributed by atoms with Crippen molar-refractivity contribution < 1.29 is 9.90 Å². The van der Waals surface area contributed by atoms with E-state index in [1.165, 1.54) is 0 Å². The van der Waals surface area contributed by atoms with Gasteiger partial charge in [0.15, 0.2) is 0 Å². The Morgan fingerprint density at radius 2 is 2.33 bits per heavy atom. The molecular weight excluding hydrogens is 284 g/mol. The van der Waals surface area contributed by atoms with Crippen molar-refractivity contribution in [3.8, 4) is 0 Å². The summed E-state index contributed by atoms with van der Waals surface area (Å²) in [5.41, 5.74) is 3.19. The number of carbonyl (C=O) groups excluding carboxylic acids is 1. The number of nitrogens with zero attached hydrogens (tertiary/aromatic N) is 1. The third-order valence-corrected chi connectivity index (χ3v) is 5.01. The van der Waals surface area contributed by atoms with Gasteiger partial charge in [-0.1, -0.05) is 25.1 Å². The van der Waals surface area contributed by atoms with Gasteiger partial charge in [-0.15, -0.1) is 0 Å². The molecule has 1 aliphatic rings. The Labute approximate surface area is 130 Å². The fraction of sp³-hybridized carbons (Fsp3) is 0.562. The van der Waals surface area contributed by atoms with E-state index in [1.54, 1.807) is 0 Å². The summed E-state index contributed by atoms with van der Waals surface area (Å²) >= 11 is 1.85. The number of rotatable bonds is 4. The van der Waals surface area contributed by atoms with E-state index in [4.69, 9.17) is 5.11 Å². The highest BCUT2D eigenvalue weighted by atomic mass is 32.2. The fourth-order valence-corrected chi connectivity index (χ4v) is 3.80. The number of benzene rings is 1. The van der Waals surface area contributed by atoms with Crippen molar-refractivity contribution in [2.45, 2.75) is 32.7 Å². The van der Waals surface area contributed by atoms with Crippen LogP contribution >= 0.6 is 11.8 Å². The molecule has 1 heterocycles. The maximum absolute atomic E-state index is 12.6. The van der Waals surface area contributed by atoms with Gasteiger partial charge in [-0.25, -0.2) is 4.79 Å². The van der Waals surface area contributed by atoms with Crippen molar-refractivity contribution in [1.82, 2.24) is 4.90 Å². The molecule has 1 atom stereocenters. The van der Waals surface area contributed by atoms with Crippen molar-refractivity contribution in [2.24, 2.45) is 0 Å². The lowest BCUT2D eigenvalue weighted by atomic mass is 10.1. The molecule has 1 aliphatic heterocycles. The summed E-state index contributed by atoms with van der Waals surface area (Å²) in [4.78, 5) is 14.5. The first-order valence-electron chi connectivity index (χ1n) is 7.52. The van der Waals surface area contributed by atoms with E-state index in [0.29, 0.717) is 6.42 Å². The standard InChI is InChI=1S/C16H24N2O2S/c1-3-13-6-4-5-12(2)15(13)17-16(20)18-8-10-21-11-14(18)7-9-19/h4-6,14,19H,3,7-11H2,1-2H3,(H,17,20). The van der Waals surface area contributed by atoms with Gasteiger partial charge in [0.2, 0.25) is 0 Å². The summed E-state index contributed by atoms with van der Waals surface area (Å²) in [6.07, 6.45) is 1.54. The molecule has 0 bridgehead atoms. The first kappa shape index (κ1) is 16.2. The highest BCUT2D eigenvalue weighted by molar-refractivity contribution is 7.99. The number of hydrogen-bond donors (Lipinski definition) is 2. The van der Waals surface area contributed by atoms with E-state index >= 15 is 0 Å². The highest BCUT2D eigenvalue weighted by Crippen LogP contribution is 2.24. The third-order valence-electron chi connectivity index (χ3n) is 3.92.